The monoisotopic (exact) mass is 293 g/mol. The van der Waals surface area contributed by atoms with Crippen LogP contribution in [0.1, 0.15) is 45.4 Å². The van der Waals surface area contributed by atoms with Crippen LogP contribution in [0.3, 0.4) is 0 Å². The van der Waals surface area contributed by atoms with Crippen molar-refractivity contribution in [2.75, 3.05) is 0 Å². The molecule has 1 fully saturated rings. The Morgan fingerprint density at radius 2 is 2.14 bits per heavy atom. The average molecular weight is 293 g/mol. The lowest BCUT2D eigenvalue weighted by Gasteiger charge is -2.23. The summed E-state index contributed by atoms with van der Waals surface area (Å²) in [5, 5.41) is 13.5. The molecule has 0 radical (unpaired) electrons. The third-order valence-electron chi connectivity index (χ3n) is 3.97. The van der Waals surface area contributed by atoms with Gasteiger partial charge in [0.25, 0.3) is 0 Å². The molecule has 1 aromatic rings. The van der Waals surface area contributed by atoms with Crippen LogP contribution in [0.25, 0.3) is 0 Å². The van der Waals surface area contributed by atoms with Crippen LogP contribution in [0.4, 0.5) is 0 Å². The van der Waals surface area contributed by atoms with Gasteiger partial charge in [0.15, 0.2) is 5.82 Å². The standard InChI is InChI=1S/C14H23N5O2/c1-3-19-9-16-18-12(19)8-15-14(21)13(17-10(2)20)11-6-4-5-7-11/h9,11,13H,3-8H2,1-2H3,(H,15,21)(H,17,20)/t13-/m0/s1. The van der Waals surface area contributed by atoms with Crippen molar-refractivity contribution in [2.24, 2.45) is 5.92 Å². The van der Waals surface area contributed by atoms with Crippen molar-refractivity contribution < 1.29 is 9.59 Å². The van der Waals surface area contributed by atoms with E-state index in [0.29, 0.717) is 6.54 Å². The number of hydrogen-bond donors (Lipinski definition) is 2. The first-order valence-electron chi connectivity index (χ1n) is 7.53. The molecule has 0 aromatic carbocycles. The molecule has 2 amide bonds. The molecule has 1 aliphatic rings. The van der Waals surface area contributed by atoms with E-state index >= 15 is 0 Å². The van der Waals surface area contributed by atoms with E-state index in [1.165, 1.54) is 6.92 Å². The van der Waals surface area contributed by atoms with Crippen LogP contribution in [0.5, 0.6) is 0 Å². The summed E-state index contributed by atoms with van der Waals surface area (Å²) < 4.78 is 1.88. The number of hydrogen-bond acceptors (Lipinski definition) is 4. The highest BCUT2D eigenvalue weighted by Crippen LogP contribution is 2.27. The van der Waals surface area contributed by atoms with E-state index in [4.69, 9.17) is 0 Å². The van der Waals surface area contributed by atoms with E-state index in [9.17, 15) is 9.59 Å². The number of nitrogens with one attached hydrogen (secondary N) is 2. The lowest BCUT2D eigenvalue weighted by molar-refractivity contribution is -0.129. The minimum Gasteiger partial charge on any atom is -0.347 e. The summed E-state index contributed by atoms with van der Waals surface area (Å²) in [5.41, 5.74) is 0. The molecule has 1 saturated carbocycles. The van der Waals surface area contributed by atoms with Crippen LogP contribution in [0.2, 0.25) is 0 Å². The molecular formula is C14H23N5O2. The zero-order valence-corrected chi connectivity index (χ0v) is 12.6. The molecule has 1 aromatic heterocycles. The zero-order chi connectivity index (χ0) is 15.2. The van der Waals surface area contributed by atoms with Gasteiger partial charge in [0, 0.05) is 13.5 Å². The fraction of sp³-hybridized carbons (Fsp3) is 0.714. The van der Waals surface area contributed by atoms with Gasteiger partial charge in [0.05, 0.1) is 6.54 Å². The lowest BCUT2D eigenvalue weighted by Crippen LogP contribution is -2.49. The Bertz CT molecular complexity index is 493. The second kappa shape index (κ2) is 7.19. The van der Waals surface area contributed by atoms with Gasteiger partial charge in [-0.05, 0) is 25.7 Å². The minimum absolute atomic E-state index is 0.136. The van der Waals surface area contributed by atoms with Gasteiger partial charge in [-0.25, -0.2) is 0 Å². The number of nitrogens with zero attached hydrogens (tertiary/aromatic N) is 3. The molecule has 1 heterocycles. The van der Waals surface area contributed by atoms with Crippen LogP contribution in [0, 0.1) is 5.92 Å². The topological polar surface area (TPSA) is 88.9 Å². The third-order valence-corrected chi connectivity index (χ3v) is 3.97. The number of carbonyl (C=O) groups excluding carboxylic acids is 2. The van der Waals surface area contributed by atoms with Gasteiger partial charge in [-0.1, -0.05) is 12.8 Å². The maximum atomic E-state index is 12.4. The van der Waals surface area contributed by atoms with Crippen LogP contribution < -0.4 is 10.6 Å². The Morgan fingerprint density at radius 1 is 1.43 bits per heavy atom. The Balaban J connectivity index is 1.96. The number of amides is 2. The summed E-state index contributed by atoms with van der Waals surface area (Å²) in [5.74, 6) is 0.651. The summed E-state index contributed by atoms with van der Waals surface area (Å²) in [6.07, 6.45) is 5.87. The Hall–Kier alpha value is -1.92. The molecule has 7 heteroatoms. The van der Waals surface area contributed by atoms with E-state index in [0.717, 1.165) is 38.1 Å². The van der Waals surface area contributed by atoms with E-state index in [-0.39, 0.29) is 17.7 Å². The summed E-state index contributed by atoms with van der Waals surface area (Å²) in [7, 11) is 0. The highest BCUT2D eigenvalue weighted by Gasteiger charge is 2.31. The van der Waals surface area contributed by atoms with Crippen LogP contribution in [-0.4, -0.2) is 32.6 Å². The largest absolute Gasteiger partial charge is 0.347 e. The average Bonchev–Trinajstić information content (AvgIpc) is 3.12. The van der Waals surface area contributed by atoms with E-state index in [1.807, 2.05) is 11.5 Å². The minimum atomic E-state index is -0.442. The van der Waals surface area contributed by atoms with E-state index < -0.39 is 6.04 Å². The van der Waals surface area contributed by atoms with Crippen molar-refractivity contribution in [1.82, 2.24) is 25.4 Å². The van der Waals surface area contributed by atoms with E-state index in [2.05, 4.69) is 20.8 Å². The predicted molar refractivity (Wildman–Crippen MR) is 77.1 cm³/mol. The second-order valence-electron chi connectivity index (χ2n) is 5.47. The van der Waals surface area contributed by atoms with Crippen molar-refractivity contribution in [2.45, 2.75) is 58.7 Å². The maximum absolute atomic E-state index is 12.4. The highest BCUT2D eigenvalue weighted by atomic mass is 16.2. The lowest BCUT2D eigenvalue weighted by atomic mass is 9.97. The van der Waals surface area contributed by atoms with Crippen molar-refractivity contribution in [1.29, 1.82) is 0 Å². The first-order valence-corrected chi connectivity index (χ1v) is 7.53. The van der Waals surface area contributed by atoms with Crippen LogP contribution in [-0.2, 0) is 22.7 Å². The molecule has 21 heavy (non-hydrogen) atoms. The van der Waals surface area contributed by atoms with Crippen LogP contribution >= 0.6 is 0 Å². The van der Waals surface area contributed by atoms with Crippen molar-refractivity contribution >= 4 is 11.8 Å². The zero-order valence-electron chi connectivity index (χ0n) is 12.6. The fourth-order valence-electron chi connectivity index (χ4n) is 2.86. The molecule has 2 N–H and O–H groups in total. The molecule has 116 valence electrons. The van der Waals surface area contributed by atoms with E-state index in [1.54, 1.807) is 6.33 Å². The Morgan fingerprint density at radius 3 is 2.76 bits per heavy atom. The molecule has 0 unspecified atom stereocenters. The number of rotatable bonds is 6. The molecule has 1 atom stereocenters. The number of aromatic nitrogens is 3. The molecule has 0 spiro atoms. The number of carbonyl (C=O) groups is 2. The quantitative estimate of drug-likeness (QED) is 0.804. The number of aryl methyl sites for hydroxylation is 1. The molecule has 2 rings (SSSR count). The summed E-state index contributed by atoms with van der Waals surface area (Å²) in [6, 6.07) is -0.442. The molecule has 7 nitrogen and oxygen atoms in total. The van der Waals surface area contributed by atoms with Gasteiger partial charge in [-0.2, -0.15) is 0 Å². The molecule has 0 aliphatic heterocycles. The van der Waals surface area contributed by atoms with Gasteiger partial charge in [0.1, 0.15) is 12.4 Å². The van der Waals surface area contributed by atoms with Gasteiger partial charge < -0.3 is 15.2 Å². The maximum Gasteiger partial charge on any atom is 0.243 e. The highest BCUT2D eigenvalue weighted by molar-refractivity contribution is 5.87. The first kappa shape index (κ1) is 15.5. The Labute approximate surface area is 124 Å². The van der Waals surface area contributed by atoms with Gasteiger partial charge in [-0.3, -0.25) is 9.59 Å². The first-order chi connectivity index (χ1) is 10.1. The summed E-state index contributed by atoms with van der Waals surface area (Å²) >= 11 is 0. The van der Waals surface area contributed by atoms with Crippen molar-refractivity contribution in [3.63, 3.8) is 0 Å². The summed E-state index contributed by atoms with van der Waals surface area (Å²) in [4.78, 5) is 23.7. The van der Waals surface area contributed by atoms with Crippen LogP contribution in [0.15, 0.2) is 6.33 Å². The van der Waals surface area contributed by atoms with Gasteiger partial charge >= 0.3 is 0 Å². The normalized spacial score (nSPS) is 16.7. The molecule has 0 saturated heterocycles. The van der Waals surface area contributed by atoms with Crippen molar-refractivity contribution in [3.8, 4) is 0 Å². The third kappa shape index (κ3) is 4.03. The van der Waals surface area contributed by atoms with Crippen molar-refractivity contribution in [3.05, 3.63) is 12.2 Å². The fourth-order valence-corrected chi connectivity index (χ4v) is 2.86. The predicted octanol–water partition coefficient (Wildman–Crippen LogP) is 0.609. The molecular weight excluding hydrogens is 270 g/mol. The van der Waals surface area contributed by atoms with Gasteiger partial charge in [0.2, 0.25) is 11.8 Å². The molecule has 0 bridgehead atoms. The Kier molecular flexibility index (Phi) is 5.30. The SMILES string of the molecule is CCn1cnnc1CNC(=O)[C@@H](NC(C)=O)C1CCCC1. The van der Waals surface area contributed by atoms with Gasteiger partial charge in [-0.15, -0.1) is 10.2 Å². The molecule has 1 aliphatic carbocycles. The summed E-state index contributed by atoms with van der Waals surface area (Å²) in [6.45, 7) is 4.53. The smallest absolute Gasteiger partial charge is 0.243 e. The second-order valence-corrected chi connectivity index (χ2v) is 5.47.